The Labute approximate surface area is 67.6 Å². The molecule has 1 atom stereocenters. The van der Waals surface area contributed by atoms with Gasteiger partial charge in [0.2, 0.25) is 5.91 Å². The van der Waals surface area contributed by atoms with Crippen LogP contribution >= 0.6 is 0 Å². The summed E-state index contributed by atoms with van der Waals surface area (Å²) in [5.41, 5.74) is 0. The van der Waals surface area contributed by atoms with Crippen molar-refractivity contribution in [3.63, 3.8) is 0 Å². The third-order valence-electron chi connectivity index (χ3n) is 2.02. The van der Waals surface area contributed by atoms with Gasteiger partial charge in [-0.15, -0.1) is 12.3 Å². The van der Waals surface area contributed by atoms with Crippen molar-refractivity contribution in [3.8, 4) is 12.3 Å². The van der Waals surface area contributed by atoms with Crippen LogP contribution in [0.5, 0.6) is 0 Å². The summed E-state index contributed by atoms with van der Waals surface area (Å²) in [4.78, 5) is 13.1. The molecule has 1 amide bonds. The van der Waals surface area contributed by atoms with Gasteiger partial charge in [0.15, 0.2) is 0 Å². The van der Waals surface area contributed by atoms with Crippen LogP contribution in [0.25, 0.3) is 0 Å². The van der Waals surface area contributed by atoms with Gasteiger partial charge in [-0.25, -0.2) is 0 Å². The molecule has 2 heteroatoms. The highest BCUT2D eigenvalue weighted by molar-refractivity contribution is 5.79. The predicted molar refractivity (Wildman–Crippen MR) is 43.8 cm³/mol. The zero-order valence-electron chi connectivity index (χ0n) is 7.00. The lowest BCUT2D eigenvalue weighted by Gasteiger charge is -2.19. The van der Waals surface area contributed by atoms with Crippen molar-refractivity contribution in [2.24, 2.45) is 5.92 Å². The van der Waals surface area contributed by atoms with Crippen LogP contribution in [0.2, 0.25) is 0 Å². The average Bonchev–Trinajstić information content (AvgIpc) is 2.30. The van der Waals surface area contributed by atoms with Gasteiger partial charge < -0.3 is 4.90 Å². The van der Waals surface area contributed by atoms with Crippen LogP contribution < -0.4 is 0 Å². The number of carbonyl (C=O) groups excluding carboxylic acids is 1. The first kappa shape index (κ1) is 8.13. The summed E-state index contributed by atoms with van der Waals surface area (Å²) in [5, 5.41) is 0. The number of carbonyl (C=O) groups is 1. The zero-order chi connectivity index (χ0) is 8.43. The van der Waals surface area contributed by atoms with Crippen LogP contribution in [0.1, 0.15) is 20.3 Å². The van der Waals surface area contributed by atoms with Gasteiger partial charge in [0.1, 0.15) is 0 Å². The van der Waals surface area contributed by atoms with Crippen LogP contribution in [0.15, 0.2) is 0 Å². The maximum absolute atomic E-state index is 11.2. The first-order chi connectivity index (χ1) is 5.15. The van der Waals surface area contributed by atoms with E-state index in [4.69, 9.17) is 6.42 Å². The number of likely N-dealkylation sites (tertiary alicyclic amines) is 1. The van der Waals surface area contributed by atoms with Crippen LogP contribution in [0.4, 0.5) is 0 Å². The third kappa shape index (κ3) is 1.54. The maximum atomic E-state index is 11.2. The van der Waals surface area contributed by atoms with Crippen molar-refractivity contribution in [3.05, 3.63) is 0 Å². The summed E-state index contributed by atoms with van der Waals surface area (Å²) >= 11 is 0. The Morgan fingerprint density at radius 3 is 2.64 bits per heavy atom. The number of hydrogen-bond acceptors (Lipinski definition) is 1. The van der Waals surface area contributed by atoms with E-state index in [-0.39, 0.29) is 11.8 Å². The summed E-state index contributed by atoms with van der Waals surface area (Å²) in [6.45, 7) is 4.76. The highest BCUT2D eigenvalue weighted by Gasteiger charge is 2.29. The lowest BCUT2D eigenvalue weighted by molar-refractivity contribution is -0.129. The molecule has 0 aromatic heterocycles. The molecule has 0 N–H and O–H groups in total. The second kappa shape index (κ2) is 2.96. The summed E-state index contributed by atoms with van der Waals surface area (Å²) in [5.74, 6) is 2.96. The third-order valence-corrected chi connectivity index (χ3v) is 2.02. The molecule has 2 nitrogen and oxygen atoms in total. The van der Waals surface area contributed by atoms with E-state index in [9.17, 15) is 4.79 Å². The molecule has 0 aromatic rings. The molecule has 1 fully saturated rings. The fraction of sp³-hybridized carbons (Fsp3) is 0.667. The largest absolute Gasteiger partial charge is 0.339 e. The SMILES string of the molecule is C#C[C@H]1CC(=O)N(C(C)C)C1. The van der Waals surface area contributed by atoms with Crippen molar-refractivity contribution in [1.82, 2.24) is 4.90 Å². The molecule has 0 spiro atoms. The summed E-state index contributed by atoms with van der Waals surface area (Å²) in [7, 11) is 0. The first-order valence-electron chi connectivity index (χ1n) is 3.90. The molecule has 0 radical (unpaired) electrons. The van der Waals surface area contributed by atoms with E-state index in [1.807, 2.05) is 18.7 Å². The van der Waals surface area contributed by atoms with Gasteiger partial charge >= 0.3 is 0 Å². The first-order valence-corrected chi connectivity index (χ1v) is 3.90. The van der Waals surface area contributed by atoms with E-state index < -0.39 is 0 Å². The molecular weight excluding hydrogens is 138 g/mol. The molecule has 1 saturated heterocycles. The quantitative estimate of drug-likeness (QED) is 0.509. The smallest absolute Gasteiger partial charge is 0.224 e. The molecule has 1 aliphatic heterocycles. The molecule has 1 aliphatic rings. The minimum absolute atomic E-state index is 0.143. The molecule has 1 heterocycles. The Morgan fingerprint density at radius 2 is 2.36 bits per heavy atom. The predicted octanol–water partition coefficient (Wildman–Crippen LogP) is 0.877. The van der Waals surface area contributed by atoms with Crippen molar-refractivity contribution < 1.29 is 4.79 Å². The van der Waals surface area contributed by atoms with Crippen LogP contribution in [0, 0.1) is 18.3 Å². The van der Waals surface area contributed by atoms with E-state index >= 15 is 0 Å². The second-order valence-corrected chi connectivity index (χ2v) is 3.21. The number of terminal acetylenes is 1. The molecule has 0 unspecified atom stereocenters. The molecule has 60 valence electrons. The highest BCUT2D eigenvalue weighted by Crippen LogP contribution is 2.18. The normalized spacial score (nSPS) is 24.4. The van der Waals surface area contributed by atoms with Crippen LogP contribution in [-0.2, 0) is 4.79 Å². The summed E-state index contributed by atoms with van der Waals surface area (Å²) < 4.78 is 0. The molecule has 0 bridgehead atoms. The van der Waals surface area contributed by atoms with Crippen molar-refractivity contribution in [2.45, 2.75) is 26.3 Å². The Bertz CT molecular complexity index is 202. The average molecular weight is 151 g/mol. The standard InChI is InChI=1S/C9H13NO/c1-4-8-5-9(11)10(6-8)7(2)3/h1,7-8H,5-6H2,2-3H3/t8-/m0/s1. The van der Waals surface area contributed by atoms with E-state index in [1.165, 1.54) is 0 Å². The minimum atomic E-state index is 0.143. The zero-order valence-corrected chi connectivity index (χ0v) is 7.00. The Morgan fingerprint density at radius 1 is 1.73 bits per heavy atom. The monoisotopic (exact) mass is 151 g/mol. The lowest BCUT2D eigenvalue weighted by Crippen LogP contribution is -2.31. The van der Waals surface area contributed by atoms with Crippen molar-refractivity contribution >= 4 is 5.91 Å². The summed E-state index contributed by atoms with van der Waals surface area (Å²) in [6, 6.07) is 0.292. The van der Waals surface area contributed by atoms with Gasteiger partial charge in [-0.3, -0.25) is 4.79 Å². The fourth-order valence-electron chi connectivity index (χ4n) is 1.34. The van der Waals surface area contributed by atoms with Gasteiger partial charge in [0.05, 0.1) is 0 Å². The molecule has 0 aliphatic carbocycles. The summed E-state index contributed by atoms with van der Waals surface area (Å²) in [6.07, 6.45) is 5.77. The Balaban J connectivity index is 2.60. The van der Waals surface area contributed by atoms with E-state index in [1.54, 1.807) is 0 Å². The van der Waals surface area contributed by atoms with E-state index in [0.29, 0.717) is 12.5 Å². The van der Waals surface area contributed by atoms with Crippen LogP contribution in [-0.4, -0.2) is 23.4 Å². The van der Waals surface area contributed by atoms with Gasteiger partial charge in [0, 0.05) is 24.9 Å². The van der Waals surface area contributed by atoms with Crippen molar-refractivity contribution in [1.29, 1.82) is 0 Å². The fourth-order valence-corrected chi connectivity index (χ4v) is 1.34. The minimum Gasteiger partial charge on any atom is -0.339 e. The molecule has 0 saturated carbocycles. The van der Waals surface area contributed by atoms with E-state index in [0.717, 1.165) is 6.54 Å². The topological polar surface area (TPSA) is 20.3 Å². The molecule has 1 rings (SSSR count). The lowest BCUT2D eigenvalue weighted by atomic mass is 10.1. The highest BCUT2D eigenvalue weighted by atomic mass is 16.2. The Kier molecular flexibility index (Phi) is 2.19. The number of rotatable bonds is 1. The van der Waals surface area contributed by atoms with Gasteiger partial charge in [-0.05, 0) is 13.8 Å². The number of amides is 1. The number of nitrogens with zero attached hydrogens (tertiary/aromatic N) is 1. The van der Waals surface area contributed by atoms with Crippen molar-refractivity contribution in [2.75, 3.05) is 6.54 Å². The molecular formula is C9H13NO. The van der Waals surface area contributed by atoms with Crippen LogP contribution in [0.3, 0.4) is 0 Å². The van der Waals surface area contributed by atoms with E-state index in [2.05, 4.69) is 5.92 Å². The van der Waals surface area contributed by atoms with Gasteiger partial charge in [-0.1, -0.05) is 0 Å². The van der Waals surface area contributed by atoms with Gasteiger partial charge in [-0.2, -0.15) is 0 Å². The molecule has 11 heavy (non-hydrogen) atoms. The molecule has 0 aromatic carbocycles. The van der Waals surface area contributed by atoms with Gasteiger partial charge in [0.25, 0.3) is 0 Å². The number of hydrogen-bond donors (Lipinski definition) is 0. The Hall–Kier alpha value is -0.970. The maximum Gasteiger partial charge on any atom is 0.224 e. The second-order valence-electron chi connectivity index (χ2n) is 3.21.